The van der Waals surface area contributed by atoms with Crippen LogP contribution < -0.4 is 16.0 Å². The number of nitrogen functional groups attached to an aromatic ring is 1. The van der Waals surface area contributed by atoms with Gasteiger partial charge in [-0.3, -0.25) is 5.10 Å². The number of aromatic nitrogens is 5. The van der Waals surface area contributed by atoms with Gasteiger partial charge in [0.15, 0.2) is 17.5 Å². The molecule has 1 fully saturated rings. The van der Waals surface area contributed by atoms with Crippen molar-refractivity contribution >= 4 is 22.5 Å². The van der Waals surface area contributed by atoms with Crippen LogP contribution in [-0.2, 0) is 0 Å². The van der Waals surface area contributed by atoms with Gasteiger partial charge in [-0.05, 0) is 37.5 Å². The first-order valence-corrected chi connectivity index (χ1v) is 9.45. The van der Waals surface area contributed by atoms with Crippen LogP contribution in [0.25, 0.3) is 22.3 Å². The summed E-state index contributed by atoms with van der Waals surface area (Å²) in [5, 5.41) is 20.3. The average Bonchev–Trinajstić information content (AvgIpc) is 3.02. The molecule has 1 aliphatic heterocycles. The highest BCUT2D eigenvalue weighted by Gasteiger charge is 2.24. The number of piperazine rings is 1. The molecule has 0 saturated carbocycles. The van der Waals surface area contributed by atoms with E-state index >= 15 is 0 Å². The molecule has 8 heteroatoms. The van der Waals surface area contributed by atoms with Crippen LogP contribution in [0.2, 0.25) is 0 Å². The second-order valence-corrected chi connectivity index (χ2v) is 7.65. The summed E-state index contributed by atoms with van der Waals surface area (Å²) in [4.78, 5) is 6.99. The summed E-state index contributed by atoms with van der Waals surface area (Å²) in [6, 6.07) is 6.42. The van der Waals surface area contributed by atoms with Crippen LogP contribution in [0.5, 0.6) is 0 Å². The zero-order chi connectivity index (χ0) is 19.0. The van der Waals surface area contributed by atoms with Gasteiger partial charge >= 0.3 is 0 Å². The highest BCUT2D eigenvalue weighted by Crippen LogP contribution is 2.26. The van der Waals surface area contributed by atoms with Crippen LogP contribution in [0.15, 0.2) is 18.2 Å². The lowest BCUT2D eigenvalue weighted by atomic mass is 10.0. The van der Waals surface area contributed by atoms with Crippen molar-refractivity contribution in [2.24, 2.45) is 5.92 Å². The number of aryl methyl sites for hydroxylation is 1. The van der Waals surface area contributed by atoms with E-state index in [4.69, 9.17) is 10.7 Å². The molecule has 4 rings (SSSR count). The van der Waals surface area contributed by atoms with Gasteiger partial charge in [-0.1, -0.05) is 13.8 Å². The van der Waals surface area contributed by atoms with Crippen molar-refractivity contribution in [1.29, 1.82) is 0 Å². The number of rotatable bonds is 4. The van der Waals surface area contributed by atoms with Gasteiger partial charge in [0, 0.05) is 42.3 Å². The van der Waals surface area contributed by atoms with Crippen LogP contribution in [0.3, 0.4) is 0 Å². The first-order chi connectivity index (χ1) is 13.0. The maximum Gasteiger partial charge on any atom is 0.189 e. The van der Waals surface area contributed by atoms with Gasteiger partial charge < -0.3 is 16.0 Å². The molecular formula is C19H26N8. The fourth-order valence-corrected chi connectivity index (χ4v) is 3.70. The van der Waals surface area contributed by atoms with E-state index in [1.165, 1.54) is 0 Å². The molecule has 3 heterocycles. The van der Waals surface area contributed by atoms with E-state index in [9.17, 15) is 0 Å². The first-order valence-electron chi connectivity index (χ1n) is 9.45. The van der Waals surface area contributed by atoms with Gasteiger partial charge in [-0.2, -0.15) is 5.10 Å². The fraction of sp³-hybridized carbons (Fsp3) is 0.474. The number of aromatic amines is 1. The molecular weight excluding hydrogens is 340 g/mol. The second kappa shape index (κ2) is 7.11. The normalized spacial score (nSPS) is 17.8. The molecule has 142 valence electrons. The quantitative estimate of drug-likeness (QED) is 0.649. The largest absolute Gasteiger partial charge is 0.379 e. The first kappa shape index (κ1) is 17.7. The van der Waals surface area contributed by atoms with Crippen molar-refractivity contribution in [3.63, 3.8) is 0 Å². The molecule has 27 heavy (non-hydrogen) atoms. The molecule has 1 saturated heterocycles. The Labute approximate surface area is 158 Å². The van der Waals surface area contributed by atoms with E-state index in [1.54, 1.807) is 0 Å². The zero-order valence-corrected chi connectivity index (χ0v) is 16.0. The molecule has 1 aromatic carbocycles. The summed E-state index contributed by atoms with van der Waals surface area (Å²) < 4.78 is 0. The van der Waals surface area contributed by atoms with E-state index in [0.29, 0.717) is 23.6 Å². The van der Waals surface area contributed by atoms with Gasteiger partial charge in [0.2, 0.25) is 0 Å². The molecule has 2 aromatic heterocycles. The Morgan fingerprint density at radius 2 is 2.15 bits per heavy atom. The Balaban J connectivity index is 1.65. The number of benzene rings is 1. The van der Waals surface area contributed by atoms with Crippen molar-refractivity contribution in [3.05, 3.63) is 23.9 Å². The van der Waals surface area contributed by atoms with Crippen molar-refractivity contribution in [1.82, 2.24) is 30.7 Å². The van der Waals surface area contributed by atoms with Crippen molar-refractivity contribution < 1.29 is 0 Å². The Morgan fingerprint density at radius 1 is 1.30 bits per heavy atom. The van der Waals surface area contributed by atoms with Gasteiger partial charge in [0.25, 0.3) is 0 Å². The van der Waals surface area contributed by atoms with Crippen LogP contribution in [0.4, 0.5) is 11.6 Å². The smallest absolute Gasteiger partial charge is 0.189 e. The van der Waals surface area contributed by atoms with E-state index in [1.807, 2.05) is 25.1 Å². The lowest BCUT2D eigenvalue weighted by molar-refractivity contribution is 0.387. The third kappa shape index (κ3) is 3.57. The van der Waals surface area contributed by atoms with Crippen LogP contribution in [0, 0.1) is 12.8 Å². The van der Waals surface area contributed by atoms with Crippen LogP contribution >= 0.6 is 0 Å². The second-order valence-electron chi connectivity index (χ2n) is 7.65. The number of nitrogens with two attached hydrogens (primary N) is 1. The van der Waals surface area contributed by atoms with Crippen LogP contribution in [0.1, 0.15) is 26.0 Å². The zero-order valence-electron chi connectivity index (χ0n) is 16.0. The summed E-state index contributed by atoms with van der Waals surface area (Å²) in [6.07, 6.45) is 1.12. The molecule has 0 spiro atoms. The van der Waals surface area contributed by atoms with Crippen molar-refractivity contribution in [2.75, 3.05) is 30.3 Å². The van der Waals surface area contributed by atoms with Crippen LogP contribution in [-0.4, -0.2) is 51.1 Å². The standard InChI is InChI=1S/C19H26N8/c1-11(2)8-14-10-27(7-6-21-14)19-17(20)25-26-18(22-19)13-4-5-16-15(9-13)12(3)23-24-16/h4-5,9,11,14,21H,6-8,10H2,1-3H3,(H2,20,25)(H,23,24). The van der Waals surface area contributed by atoms with E-state index in [2.05, 4.69) is 44.5 Å². The number of nitrogens with one attached hydrogen (secondary N) is 2. The number of anilines is 2. The molecule has 0 radical (unpaired) electrons. The van der Waals surface area contributed by atoms with E-state index < -0.39 is 0 Å². The molecule has 0 aliphatic carbocycles. The molecule has 3 aromatic rings. The predicted molar refractivity (Wildman–Crippen MR) is 108 cm³/mol. The fourth-order valence-electron chi connectivity index (χ4n) is 3.70. The topological polar surface area (TPSA) is 109 Å². The molecule has 1 atom stereocenters. The molecule has 0 bridgehead atoms. The summed E-state index contributed by atoms with van der Waals surface area (Å²) in [6.45, 7) is 9.14. The van der Waals surface area contributed by atoms with Crippen molar-refractivity contribution in [2.45, 2.75) is 33.2 Å². The van der Waals surface area contributed by atoms with Gasteiger partial charge in [-0.15, -0.1) is 10.2 Å². The minimum absolute atomic E-state index is 0.379. The van der Waals surface area contributed by atoms with E-state index in [0.717, 1.165) is 54.0 Å². The third-order valence-corrected chi connectivity index (χ3v) is 5.01. The summed E-state index contributed by atoms with van der Waals surface area (Å²) in [7, 11) is 0. The summed E-state index contributed by atoms with van der Waals surface area (Å²) >= 11 is 0. The third-order valence-electron chi connectivity index (χ3n) is 5.01. The van der Waals surface area contributed by atoms with Gasteiger partial charge in [0.1, 0.15) is 0 Å². The monoisotopic (exact) mass is 366 g/mol. The number of H-pyrrole nitrogens is 1. The van der Waals surface area contributed by atoms with Gasteiger partial charge in [-0.25, -0.2) is 4.98 Å². The Morgan fingerprint density at radius 3 is 2.96 bits per heavy atom. The predicted octanol–water partition coefficient (Wildman–Crippen LogP) is 2.13. The van der Waals surface area contributed by atoms with E-state index in [-0.39, 0.29) is 0 Å². The minimum Gasteiger partial charge on any atom is -0.379 e. The average molecular weight is 366 g/mol. The highest BCUT2D eigenvalue weighted by molar-refractivity contribution is 5.85. The summed E-state index contributed by atoms with van der Waals surface area (Å²) in [5.41, 5.74) is 8.99. The summed E-state index contributed by atoms with van der Waals surface area (Å²) in [5.74, 6) is 2.33. The van der Waals surface area contributed by atoms with Crippen molar-refractivity contribution in [3.8, 4) is 11.4 Å². The maximum atomic E-state index is 6.13. The molecule has 4 N–H and O–H groups in total. The lowest BCUT2D eigenvalue weighted by Gasteiger charge is -2.35. The number of fused-ring (bicyclic) bond motifs is 1. The highest BCUT2D eigenvalue weighted by atomic mass is 15.3. The molecule has 8 nitrogen and oxygen atoms in total. The molecule has 0 amide bonds. The Hall–Kier alpha value is -2.74. The minimum atomic E-state index is 0.379. The Bertz CT molecular complexity index is 948. The maximum absolute atomic E-state index is 6.13. The number of hydrogen-bond acceptors (Lipinski definition) is 7. The number of hydrogen-bond donors (Lipinski definition) is 3. The molecule has 1 unspecified atom stereocenters. The molecule has 1 aliphatic rings. The van der Waals surface area contributed by atoms with Gasteiger partial charge in [0.05, 0.1) is 5.52 Å². The number of nitrogens with zero attached hydrogens (tertiary/aromatic N) is 5. The SMILES string of the molecule is Cc1[nH]nc2ccc(-c3nnc(N)c(N4CCNC(CC(C)C)C4)n3)cc12. The lowest BCUT2D eigenvalue weighted by Crippen LogP contribution is -2.51. The Kier molecular flexibility index (Phi) is 4.65.